The van der Waals surface area contributed by atoms with E-state index in [1.54, 1.807) is 7.11 Å². The first-order valence-electron chi connectivity index (χ1n) is 4.79. The fourth-order valence-corrected chi connectivity index (χ4v) is 1.64. The van der Waals surface area contributed by atoms with Crippen molar-refractivity contribution in [1.82, 2.24) is 0 Å². The Bertz CT molecular complexity index is 415. The predicted molar refractivity (Wildman–Crippen MR) is 58.4 cm³/mol. The van der Waals surface area contributed by atoms with Crippen LogP contribution in [0.4, 0.5) is 0 Å². The molecule has 1 radical (unpaired) electrons. The van der Waals surface area contributed by atoms with Crippen LogP contribution >= 0.6 is 0 Å². The lowest BCUT2D eigenvalue weighted by Crippen LogP contribution is -1.95. The molecule has 0 atom stereocenters. The van der Waals surface area contributed by atoms with Gasteiger partial charge in [0.2, 0.25) is 0 Å². The van der Waals surface area contributed by atoms with E-state index in [1.807, 2.05) is 12.1 Å². The van der Waals surface area contributed by atoms with Gasteiger partial charge in [-0.05, 0) is 28.8 Å². The van der Waals surface area contributed by atoms with Gasteiger partial charge in [-0.3, -0.25) is 0 Å². The highest BCUT2D eigenvalue weighted by Crippen LogP contribution is 2.18. The number of hydrogen-bond acceptors (Lipinski definition) is 1. The summed E-state index contributed by atoms with van der Waals surface area (Å²) in [7, 11) is 1.73. The van der Waals surface area contributed by atoms with E-state index in [4.69, 9.17) is 4.74 Å². The maximum Gasteiger partial charge on any atom is 0.0502 e. The zero-order valence-corrected chi connectivity index (χ0v) is 8.29. The molecule has 14 heavy (non-hydrogen) atoms. The zero-order chi connectivity index (χ0) is 9.80. The molecule has 1 nitrogen and oxygen atoms in total. The lowest BCUT2D eigenvalue weighted by molar-refractivity contribution is 0.202. The first-order chi connectivity index (χ1) is 6.92. The van der Waals surface area contributed by atoms with Crippen LogP contribution in [0.5, 0.6) is 0 Å². The first-order valence-corrected chi connectivity index (χ1v) is 4.79. The number of methoxy groups -OCH3 is 1. The van der Waals surface area contributed by atoms with E-state index in [0.29, 0.717) is 0 Å². The molecule has 71 valence electrons. The molecule has 2 aromatic rings. The summed E-state index contributed by atoms with van der Waals surface area (Å²) < 4.78 is 5.08. The van der Waals surface area contributed by atoms with Gasteiger partial charge in [-0.25, -0.2) is 0 Å². The Labute approximate surface area is 84.3 Å². The van der Waals surface area contributed by atoms with Gasteiger partial charge in [-0.15, -0.1) is 0 Å². The molecule has 2 rings (SSSR count). The molecule has 0 unspecified atom stereocenters. The average Bonchev–Trinajstić information content (AvgIpc) is 2.26. The highest BCUT2D eigenvalue weighted by Gasteiger charge is 1.99. The molecule has 0 amide bonds. The van der Waals surface area contributed by atoms with E-state index >= 15 is 0 Å². The van der Waals surface area contributed by atoms with Crippen LogP contribution in [0.1, 0.15) is 5.56 Å². The van der Waals surface area contributed by atoms with Crippen LogP contribution < -0.4 is 0 Å². The number of hydrogen-bond donors (Lipinski definition) is 0. The van der Waals surface area contributed by atoms with Crippen LogP contribution in [0.15, 0.2) is 36.4 Å². The fourth-order valence-electron chi connectivity index (χ4n) is 1.64. The Morgan fingerprint density at radius 1 is 1.21 bits per heavy atom. The number of rotatable bonds is 3. The maximum absolute atomic E-state index is 5.08. The monoisotopic (exact) mass is 185 g/mol. The van der Waals surface area contributed by atoms with Crippen molar-refractivity contribution in [2.24, 2.45) is 0 Å². The molecule has 0 spiro atoms. The summed E-state index contributed by atoms with van der Waals surface area (Å²) in [6.07, 6.45) is 0.964. The summed E-state index contributed by atoms with van der Waals surface area (Å²) in [6, 6.07) is 15.6. The number of benzene rings is 2. The topological polar surface area (TPSA) is 9.23 Å². The number of ether oxygens (including phenoxy) is 1. The third-order valence-corrected chi connectivity index (χ3v) is 2.37. The smallest absolute Gasteiger partial charge is 0.0502 e. The van der Waals surface area contributed by atoms with E-state index < -0.39 is 0 Å². The Balaban J connectivity index is 2.43. The molecule has 1 heteroatoms. The standard InChI is InChI=1S/C13H13O/c1-14-10-9-12-7-4-6-11-5-2-3-8-13(11)12/h2-5,7-8H,9-10H2,1H3. The maximum atomic E-state index is 5.08. The van der Waals surface area contributed by atoms with Gasteiger partial charge >= 0.3 is 0 Å². The summed E-state index contributed by atoms with van der Waals surface area (Å²) in [4.78, 5) is 0. The van der Waals surface area contributed by atoms with Crippen molar-refractivity contribution >= 4 is 10.8 Å². The van der Waals surface area contributed by atoms with Gasteiger partial charge < -0.3 is 4.74 Å². The molecule has 0 saturated carbocycles. The Morgan fingerprint density at radius 2 is 2.07 bits per heavy atom. The first kappa shape index (κ1) is 9.22. The van der Waals surface area contributed by atoms with Crippen molar-refractivity contribution < 1.29 is 4.74 Å². The van der Waals surface area contributed by atoms with Crippen molar-refractivity contribution in [2.45, 2.75) is 6.42 Å². The Kier molecular flexibility index (Phi) is 2.80. The van der Waals surface area contributed by atoms with Gasteiger partial charge in [0.1, 0.15) is 0 Å². The Hall–Kier alpha value is -1.34. The fraction of sp³-hybridized carbons (Fsp3) is 0.231. The molecular weight excluding hydrogens is 172 g/mol. The summed E-state index contributed by atoms with van der Waals surface area (Å²) >= 11 is 0. The van der Waals surface area contributed by atoms with E-state index in [0.717, 1.165) is 13.0 Å². The minimum Gasteiger partial charge on any atom is -0.384 e. The molecule has 0 heterocycles. The molecule has 0 aliphatic carbocycles. The van der Waals surface area contributed by atoms with Crippen molar-refractivity contribution in [3.63, 3.8) is 0 Å². The van der Waals surface area contributed by atoms with Crippen molar-refractivity contribution in [2.75, 3.05) is 13.7 Å². The number of fused-ring (bicyclic) bond motifs is 1. The second-order valence-corrected chi connectivity index (χ2v) is 3.29. The second kappa shape index (κ2) is 4.25. The minimum atomic E-state index is 0.772. The predicted octanol–water partition coefficient (Wildman–Crippen LogP) is 2.83. The average molecular weight is 185 g/mol. The van der Waals surface area contributed by atoms with Crippen LogP contribution in [-0.2, 0) is 11.2 Å². The lowest BCUT2D eigenvalue weighted by atomic mass is 10.0. The van der Waals surface area contributed by atoms with Gasteiger partial charge in [0.05, 0.1) is 6.61 Å². The lowest BCUT2D eigenvalue weighted by Gasteiger charge is -2.04. The van der Waals surface area contributed by atoms with Crippen molar-refractivity contribution in [3.05, 3.63) is 48.0 Å². The summed E-state index contributed by atoms with van der Waals surface area (Å²) in [6.45, 7) is 0.772. The molecule has 0 N–H and O–H groups in total. The van der Waals surface area contributed by atoms with Gasteiger partial charge in [-0.2, -0.15) is 0 Å². The van der Waals surface area contributed by atoms with Crippen LogP contribution in [0.2, 0.25) is 0 Å². The minimum absolute atomic E-state index is 0.772. The van der Waals surface area contributed by atoms with E-state index in [-0.39, 0.29) is 0 Å². The summed E-state index contributed by atoms with van der Waals surface area (Å²) in [5, 5.41) is 2.47. The van der Waals surface area contributed by atoms with Crippen molar-refractivity contribution in [1.29, 1.82) is 0 Å². The molecule has 0 aliphatic heterocycles. The summed E-state index contributed by atoms with van der Waals surface area (Å²) in [5.74, 6) is 0. The van der Waals surface area contributed by atoms with E-state index in [9.17, 15) is 0 Å². The molecular formula is C13H13O. The van der Waals surface area contributed by atoms with Crippen LogP contribution in [-0.4, -0.2) is 13.7 Å². The molecule has 0 aromatic heterocycles. The second-order valence-electron chi connectivity index (χ2n) is 3.29. The largest absolute Gasteiger partial charge is 0.384 e. The Morgan fingerprint density at radius 3 is 2.93 bits per heavy atom. The van der Waals surface area contributed by atoms with Gasteiger partial charge in [0.25, 0.3) is 0 Å². The molecule has 0 fully saturated rings. The third kappa shape index (κ3) is 1.78. The molecule has 0 aliphatic rings. The third-order valence-electron chi connectivity index (χ3n) is 2.37. The highest BCUT2D eigenvalue weighted by atomic mass is 16.5. The molecule has 2 aromatic carbocycles. The molecule has 0 saturated heterocycles. The van der Waals surface area contributed by atoms with Crippen LogP contribution in [0, 0.1) is 6.07 Å². The summed E-state index contributed by atoms with van der Waals surface area (Å²) in [5.41, 5.74) is 1.33. The molecule has 0 bridgehead atoms. The van der Waals surface area contributed by atoms with E-state index in [2.05, 4.69) is 30.3 Å². The highest BCUT2D eigenvalue weighted by molar-refractivity contribution is 5.85. The van der Waals surface area contributed by atoms with E-state index in [1.165, 1.54) is 16.3 Å². The van der Waals surface area contributed by atoms with Crippen molar-refractivity contribution in [3.8, 4) is 0 Å². The van der Waals surface area contributed by atoms with Gasteiger partial charge in [0.15, 0.2) is 0 Å². The zero-order valence-electron chi connectivity index (χ0n) is 8.29. The SMILES string of the molecule is COCCc1cc[c]c2ccccc12. The normalized spacial score (nSPS) is 10.6. The van der Waals surface area contributed by atoms with Crippen LogP contribution in [0.3, 0.4) is 0 Å². The van der Waals surface area contributed by atoms with Gasteiger partial charge in [-0.1, -0.05) is 36.4 Å². The van der Waals surface area contributed by atoms with Gasteiger partial charge in [0, 0.05) is 7.11 Å². The quantitative estimate of drug-likeness (QED) is 0.714. The van der Waals surface area contributed by atoms with Crippen LogP contribution in [0.25, 0.3) is 10.8 Å².